The Bertz CT molecular complexity index is 369. The maximum atomic E-state index is 5.50. The van der Waals surface area contributed by atoms with E-state index in [9.17, 15) is 0 Å². The molecule has 0 fully saturated rings. The molecule has 0 bridgehead atoms. The lowest BCUT2D eigenvalue weighted by molar-refractivity contribution is 0.625. The number of nitrogens with two attached hydrogens (primary N) is 1. The standard InChI is InChI=1S/C11H14N4/c12-11-13-7-10(14-8-15-11)6-9-4-2-1-3-5-9/h1-5,8,10H,6-7H2,(H3,12,13,14,15). The highest BCUT2D eigenvalue weighted by molar-refractivity contribution is 5.86. The number of guanidine groups is 1. The Morgan fingerprint density at radius 1 is 1.33 bits per heavy atom. The van der Waals surface area contributed by atoms with Crippen molar-refractivity contribution in [2.75, 3.05) is 6.54 Å². The lowest BCUT2D eigenvalue weighted by Crippen LogP contribution is -2.31. The summed E-state index contributed by atoms with van der Waals surface area (Å²) in [6.07, 6.45) is 2.56. The zero-order chi connectivity index (χ0) is 10.5. The van der Waals surface area contributed by atoms with Crippen molar-refractivity contribution in [3.8, 4) is 0 Å². The first-order valence-electron chi connectivity index (χ1n) is 4.97. The zero-order valence-electron chi connectivity index (χ0n) is 8.43. The number of nitrogens with zero attached hydrogens (tertiary/aromatic N) is 2. The Morgan fingerprint density at radius 3 is 2.93 bits per heavy atom. The van der Waals surface area contributed by atoms with Gasteiger partial charge in [0.2, 0.25) is 5.96 Å². The molecule has 78 valence electrons. The average molecular weight is 202 g/mol. The van der Waals surface area contributed by atoms with Gasteiger partial charge in [0.1, 0.15) is 0 Å². The third kappa shape index (κ3) is 2.80. The zero-order valence-corrected chi connectivity index (χ0v) is 8.43. The van der Waals surface area contributed by atoms with E-state index in [4.69, 9.17) is 5.73 Å². The number of rotatable bonds is 2. The molecular formula is C11H14N4. The van der Waals surface area contributed by atoms with Crippen molar-refractivity contribution < 1.29 is 0 Å². The maximum Gasteiger partial charge on any atom is 0.216 e. The smallest absolute Gasteiger partial charge is 0.216 e. The fourth-order valence-electron chi connectivity index (χ4n) is 1.53. The second-order valence-electron chi connectivity index (χ2n) is 3.51. The normalized spacial score (nSPS) is 20.3. The second kappa shape index (κ2) is 4.59. The minimum absolute atomic E-state index is 0.275. The molecule has 2 rings (SSSR count). The fraction of sp³-hybridized carbons (Fsp3) is 0.273. The molecule has 1 atom stereocenters. The predicted molar refractivity (Wildman–Crippen MR) is 62.1 cm³/mol. The largest absolute Gasteiger partial charge is 0.371 e. The van der Waals surface area contributed by atoms with Crippen LogP contribution >= 0.6 is 0 Å². The molecule has 1 unspecified atom stereocenters. The van der Waals surface area contributed by atoms with Gasteiger partial charge in [0, 0.05) is 0 Å². The predicted octanol–water partition coefficient (Wildman–Crippen LogP) is 0.544. The van der Waals surface area contributed by atoms with Gasteiger partial charge in [-0.15, -0.1) is 0 Å². The molecule has 0 saturated heterocycles. The molecule has 1 aliphatic heterocycles. The van der Waals surface area contributed by atoms with Gasteiger partial charge in [0.15, 0.2) is 0 Å². The van der Waals surface area contributed by atoms with Gasteiger partial charge in [-0.25, -0.2) is 9.98 Å². The van der Waals surface area contributed by atoms with Gasteiger partial charge in [-0.3, -0.25) is 0 Å². The SMILES string of the molecule is NC1=NCC(Cc2ccccc2)NC=N1. The summed E-state index contributed by atoms with van der Waals surface area (Å²) in [4.78, 5) is 8.04. The van der Waals surface area contributed by atoms with Crippen LogP contribution in [0.4, 0.5) is 0 Å². The van der Waals surface area contributed by atoms with Crippen molar-refractivity contribution in [2.45, 2.75) is 12.5 Å². The Kier molecular flexibility index (Phi) is 2.97. The highest BCUT2D eigenvalue weighted by atomic mass is 15.1. The summed E-state index contributed by atoms with van der Waals surface area (Å²) in [5.74, 6) is 0.345. The maximum absolute atomic E-state index is 5.50. The number of hydrogen-bond acceptors (Lipinski definition) is 4. The van der Waals surface area contributed by atoms with Gasteiger partial charge >= 0.3 is 0 Å². The van der Waals surface area contributed by atoms with Crippen LogP contribution in [-0.2, 0) is 6.42 Å². The average Bonchev–Trinajstić information content (AvgIpc) is 2.46. The van der Waals surface area contributed by atoms with Gasteiger partial charge in [-0.1, -0.05) is 30.3 Å². The Labute approximate surface area is 88.9 Å². The molecule has 4 nitrogen and oxygen atoms in total. The van der Waals surface area contributed by atoms with Crippen LogP contribution in [0.1, 0.15) is 5.56 Å². The van der Waals surface area contributed by atoms with E-state index in [1.807, 2.05) is 18.2 Å². The van der Waals surface area contributed by atoms with Crippen molar-refractivity contribution in [3.63, 3.8) is 0 Å². The summed E-state index contributed by atoms with van der Waals surface area (Å²) in [5.41, 5.74) is 6.79. The van der Waals surface area contributed by atoms with Gasteiger partial charge in [0.05, 0.1) is 18.9 Å². The van der Waals surface area contributed by atoms with E-state index in [1.165, 1.54) is 5.56 Å². The Hall–Kier alpha value is -1.84. The highest BCUT2D eigenvalue weighted by Gasteiger charge is 2.09. The molecule has 0 aliphatic carbocycles. The van der Waals surface area contributed by atoms with E-state index in [2.05, 4.69) is 27.4 Å². The molecule has 0 radical (unpaired) electrons. The molecule has 3 N–H and O–H groups in total. The van der Waals surface area contributed by atoms with Crippen LogP contribution in [0.15, 0.2) is 40.3 Å². The van der Waals surface area contributed by atoms with E-state index in [0.29, 0.717) is 12.5 Å². The van der Waals surface area contributed by atoms with Crippen molar-refractivity contribution in [1.29, 1.82) is 0 Å². The van der Waals surface area contributed by atoms with E-state index in [0.717, 1.165) is 6.42 Å². The third-order valence-corrected chi connectivity index (χ3v) is 2.31. The quantitative estimate of drug-likeness (QED) is 0.735. The van der Waals surface area contributed by atoms with Crippen molar-refractivity contribution >= 4 is 12.3 Å². The molecule has 0 aromatic heterocycles. The molecule has 4 heteroatoms. The number of nitrogens with one attached hydrogen (secondary N) is 1. The number of aliphatic imine (C=N–C) groups is 2. The number of benzene rings is 1. The minimum Gasteiger partial charge on any atom is -0.371 e. The number of hydrogen-bond donors (Lipinski definition) is 2. The van der Waals surface area contributed by atoms with Crippen LogP contribution in [0.5, 0.6) is 0 Å². The first-order chi connectivity index (χ1) is 7.34. The summed E-state index contributed by atoms with van der Waals surface area (Å²) in [6, 6.07) is 10.6. The van der Waals surface area contributed by atoms with Gasteiger partial charge in [-0.05, 0) is 12.0 Å². The highest BCUT2D eigenvalue weighted by Crippen LogP contribution is 2.04. The topological polar surface area (TPSA) is 62.8 Å². The molecule has 1 aromatic carbocycles. The van der Waals surface area contributed by atoms with Crippen LogP contribution in [0.25, 0.3) is 0 Å². The third-order valence-electron chi connectivity index (χ3n) is 2.31. The summed E-state index contributed by atoms with van der Waals surface area (Å²) >= 11 is 0. The molecule has 1 aliphatic rings. The monoisotopic (exact) mass is 202 g/mol. The summed E-state index contributed by atoms with van der Waals surface area (Å²) in [5, 5.41) is 3.17. The van der Waals surface area contributed by atoms with Crippen LogP contribution in [-0.4, -0.2) is 24.9 Å². The van der Waals surface area contributed by atoms with E-state index in [-0.39, 0.29) is 6.04 Å². The lowest BCUT2D eigenvalue weighted by atomic mass is 10.1. The van der Waals surface area contributed by atoms with Gasteiger partial charge in [0.25, 0.3) is 0 Å². The van der Waals surface area contributed by atoms with Crippen LogP contribution in [0.2, 0.25) is 0 Å². The van der Waals surface area contributed by atoms with Crippen LogP contribution in [0.3, 0.4) is 0 Å². The van der Waals surface area contributed by atoms with Crippen molar-refractivity contribution in [3.05, 3.63) is 35.9 Å². The van der Waals surface area contributed by atoms with Crippen LogP contribution in [0, 0.1) is 0 Å². The van der Waals surface area contributed by atoms with Gasteiger partial charge in [-0.2, -0.15) is 0 Å². The molecule has 0 amide bonds. The van der Waals surface area contributed by atoms with E-state index >= 15 is 0 Å². The van der Waals surface area contributed by atoms with Crippen LogP contribution < -0.4 is 11.1 Å². The van der Waals surface area contributed by atoms with E-state index < -0.39 is 0 Å². The lowest BCUT2D eigenvalue weighted by Gasteiger charge is -2.12. The molecule has 1 aromatic rings. The first-order valence-corrected chi connectivity index (χ1v) is 4.97. The Balaban J connectivity index is 1.99. The second-order valence-corrected chi connectivity index (χ2v) is 3.51. The summed E-state index contributed by atoms with van der Waals surface area (Å²) < 4.78 is 0. The van der Waals surface area contributed by atoms with E-state index in [1.54, 1.807) is 6.34 Å². The van der Waals surface area contributed by atoms with Crippen molar-refractivity contribution in [2.24, 2.45) is 15.7 Å². The minimum atomic E-state index is 0.275. The molecule has 0 saturated carbocycles. The first kappa shape index (κ1) is 9.71. The Morgan fingerprint density at radius 2 is 2.13 bits per heavy atom. The molecule has 15 heavy (non-hydrogen) atoms. The summed E-state index contributed by atoms with van der Waals surface area (Å²) in [7, 11) is 0. The van der Waals surface area contributed by atoms with Crippen molar-refractivity contribution in [1.82, 2.24) is 5.32 Å². The fourth-order valence-corrected chi connectivity index (χ4v) is 1.53. The molecule has 0 spiro atoms. The molecular weight excluding hydrogens is 188 g/mol. The summed E-state index contributed by atoms with van der Waals surface area (Å²) in [6.45, 7) is 0.667. The van der Waals surface area contributed by atoms with Gasteiger partial charge < -0.3 is 11.1 Å². The molecule has 1 heterocycles.